The van der Waals surface area contributed by atoms with Crippen molar-refractivity contribution in [3.63, 3.8) is 0 Å². The number of methoxy groups -OCH3 is 1. The summed E-state index contributed by atoms with van der Waals surface area (Å²) in [5.74, 6) is -0.441. The van der Waals surface area contributed by atoms with Gasteiger partial charge in [-0.3, -0.25) is 14.7 Å². The smallest absolute Gasteiger partial charge is 0.411 e. The van der Waals surface area contributed by atoms with E-state index in [1.807, 2.05) is 78.9 Å². The summed E-state index contributed by atoms with van der Waals surface area (Å²) in [4.78, 5) is 58.6. The van der Waals surface area contributed by atoms with Gasteiger partial charge in [-0.1, -0.05) is 90.6 Å². The number of carbonyl (C=O) groups is 4. The van der Waals surface area contributed by atoms with Crippen LogP contribution in [0.4, 0.5) is 15.3 Å². The fourth-order valence-electron chi connectivity index (χ4n) is 6.69. The van der Waals surface area contributed by atoms with E-state index in [0.717, 1.165) is 16.7 Å². The first-order valence-electron chi connectivity index (χ1n) is 18.8. The zero-order chi connectivity index (χ0) is 41.1. The fraction of sp³-hybridized carbons (Fsp3) is 0.326. The van der Waals surface area contributed by atoms with Gasteiger partial charge < -0.3 is 34.1 Å². The van der Waals surface area contributed by atoms with Gasteiger partial charge in [-0.15, -0.1) is 10.2 Å². The van der Waals surface area contributed by atoms with Crippen molar-refractivity contribution in [2.75, 3.05) is 24.7 Å². The molecule has 3 aromatic carbocycles. The normalized spacial score (nSPS) is 17.3. The van der Waals surface area contributed by atoms with E-state index >= 15 is 0 Å². The molecule has 3 amide bonds. The lowest BCUT2D eigenvalue weighted by molar-refractivity contribution is -0.135. The van der Waals surface area contributed by atoms with Gasteiger partial charge in [0.2, 0.25) is 11.8 Å². The molecule has 58 heavy (non-hydrogen) atoms. The van der Waals surface area contributed by atoms with Crippen molar-refractivity contribution >= 4 is 41.8 Å². The van der Waals surface area contributed by atoms with Crippen molar-refractivity contribution < 1.29 is 37.8 Å². The van der Waals surface area contributed by atoms with Crippen molar-refractivity contribution in [1.29, 1.82) is 0 Å². The largest absolute Gasteiger partial charge is 0.453 e. The number of morpholine rings is 1. The molecule has 3 heterocycles. The summed E-state index contributed by atoms with van der Waals surface area (Å²) in [6.45, 7) is 5.39. The van der Waals surface area contributed by atoms with Crippen LogP contribution in [0.25, 0.3) is 11.5 Å². The molecule has 4 atom stereocenters. The highest BCUT2D eigenvalue weighted by Crippen LogP contribution is 2.32. The number of hydrogen-bond acceptors (Lipinski definition) is 12. The lowest BCUT2D eigenvalue weighted by atomic mass is 9.84. The van der Waals surface area contributed by atoms with Crippen LogP contribution in [0.3, 0.4) is 0 Å². The lowest BCUT2D eigenvalue weighted by Gasteiger charge is -2.42. The van der Waals surface area contributed by atoms with Crippen LogP contribution in [-0.4, -0.2) is 93.8 Å². The third-order valence-corrected chi connectivity index (χ3v) is 10.3. The van der Waals surface area contributed by atoms with Gasteiger partial charge >= 0.3 is 12.2 Å². The topological polar surface area (TPSA) is 175 Å². The van der Waals surface area contributed by atoms with Gasteiger partial charge in [0.1, 0.15) is 24.0 Å². The predicted octanol–water partition coefficient (Wildman–Crippen LogP) is 6.92. The SMILES string of the molecule is COC(=O)N[C@H](C(=O)Nc1ccccc1CC[C@@H]1CN(C(=O)OC(C)(C)C)[C@H](C=O)[C@@H](CSc2nnc(-c3ccncc3)o2)O1)C(c1ccccc1)c1ccccc1. The van der Waals surface area contributed by atoms with Crippen LogP contribution >= 0.6 is 11.8 Å². The van der Waals surface area contributed by atoms with Crippen molar-refractivity contribution in [2.24, 2.45) is 0 Å². The molecule has 2 N–H and O–H groups in total. The summed E-state index contributed by atoms with van der Waals surface area (Å²) in [7, 11) is 1.25. The Morgan fingerprint density at radius 2 is 1.59 bits per heavy atom. The Bertz CT molecular complexity index is 2090. The number of alkyl carbamates (subject to hydrolysis) is 1. The van der Waals surface area contributed by atoms with E-state index in [1.54, 1.807) is 51.4 Å². The van der Waals surface area contributed by atoms with Crippen LogP contribution < -0.4 is 10.6 Å². The number of aromatic nitrogens is 3. The number of para-hydroxylation sites is 1. The summed E-state index contributed by atoms with van der Waals surface area (Å²) in [6.07, 6.45) is 2.18. The Hall–Kier alpha value is -6.06. The third kappa shape index (κ3) is 10.9. The summed E-state index contributed by atoms with van der Waals surface area (Å²) in [5, 5.41) is 14.4. The maximum atomic E-state index is 14.3. The highest BCUT2D eigenvalue weighted by Gasteiger charge is 2.41. The Morgan fingerprint density at radius 3 is 2.22 bits per heavy atom. The molecule has 2 aromatic heterocycles. The first kappa shape index (κ1) is 41.6. The van der Waals surface area contributed by atoms with Crippen LogP contribution in [0.15, 0.2) is 119 Å². The third-order valence-electron chi connectivity index (χ3n) is 9.38. The summed E-state index contributed by atoms with van der Waals surface area (Å²) < 4.78 is 23.1. The molecule has 0 radical (unpaired) electrons. The molecule has 0 aliphatic carbocycles. The zero-order valence-electron chi connectivity index (χ0n) is 32.6. The maximum Gasteiger partial charge on any atom is 0.411 e. The van der Waals surface area contributed by atoms with E-state index in [0.29, 0.717) is 36.3 Å². The molecule has 1 fully saturated rings. The molecule has 6 rings (SSSR count). The van der Waals surface area contributed by atoms with E-state index in [-0.39, 0.29) is 17.5 Å². The van der Waals surface area contributed by atoms with Crippen molar-refractivity contribution in [3.05, 3.63) is 126 Å². The van der Waals surface area contributed by atoms with Crippen molar-refractivity contribution in [1.82, 2.24) is 25.4 Å². The number of amides is 3. The van der Waals surface area contributed by atoms with E-state index in [2.05, 4.69) is 25.8 Å². The molecular weight excluding hydrogens is 761 g/mol. The molecular formula is C43H46N6O8S. The second kappa shape index (κ2) is 19.4. The quantitative estimate of drug-likeness (QED) is 0.0877. The highest BCUT2D eigenvalue weighted by atomic mass is 32.2. The molecule has 1 aliphatic rings. The van der Waals surface area contributed by atoms with Gasteiger partial charge in [-0.2, -0.15) is 0 Å². The van der Waals surface area contributed by atoms with Gasteiger partial charge in [-0.05, 0) is 68.5 Å². The Labute approximate surface area is 341 Å². The van der Waals surface area contributed by atoms with Gasteiger partial charge in [0.05, 0.1) is 25.9 Å². The summed E-state index contributed by atoms with van der Waals surface area (Å²) in [6, 6.07) is 27.9. The molecule has 0 spiro atoms. The Morgan fingerprint density at radius 1 is 0.931 bits per heavy atom. The molecule has 302 valence electrons. The minimum Gasteiger partial charge on any atom is -0.453 e. The average molecular weight is 807 g/mol. The van der Waals surface area contributed by atoms with E-state index in [1.165, 1.54) is 23.8 Å². The molecule has 0 saturated carbocycles. The highest BCUT2D eigenvalue weighted by molar-refractivity contribution is 7.99. The van der Waals surface area contributed by atoms with Gasteiger partial charge in [0.15, 0.2) is 0 Å². The van der Waals surface area contributed by atoms with Gasteiger partial charge in [0.25, 0.3) is 5.22 Å². The minimum absolute atomic E-state index is 0.0989. The number of ether oxygens (including phenoxy) is 3. The lowest BCUT2D eigenvalue weighted by Crippen LogP contribution is -2.59. The molecule has 14 nitrogen and oxygen atoms in total. The van der Waals surface area contributed by atoms with Crippen molar-refractivity contribution in [3.8, 4) is 11.5 Å². The molecule has 5 aromatic rings. The molecule has 15 heteroatoms. The average Bonchev–Trinajstić information content (AvgIpc) is 3.72. The fourth-order valence-corrected chi connectivity index (χ4v) is 7.51. The monoisotopic (exact) mass is 806 g/mol. The summed E-state index contributed by atoms with van der Waals surface area (Å²) >= 11 is 1.22. The molecule has 1 saturated heterocycles. The first-order chi connectivity index (χ1) is 28.0. The first-order valence-corrected chi connectivity index (χ1v) is 19.8. The number of benzene rings is 3. The number of pyridine rings is 1. The predicted molar refractivity (Wildman–Crippen MR) is 217 cm³/mol. The number of aldehydes is 1. The zero-order valence-corrected chi connectivity index (χ0v) is 33.5. The number of rotatable bonds is 14. The maximum absolute atomic E-state index is 14.3. The number of thioether (sulfide) groups is 1. The van der Waals surface area contributed by atoms with Crippen LogP contribution in [0.1, 0.15) is 49.8 Å². The minimum atomic E-state index is -1.05. The molecule has 1 aliphatic heterocycles. The standard InChI is InChI=1S/C43H46N6O8S/c1-43(2,3)57-42(53)49-25-32(55-35(34(49)26-50)27-58-41-48-47-39(56-41)31-21-23-44-24-22-31)20-19-28-13-11-12-18-33(28)45-38(51)37(46-40(52)54-4)36(29-14-7-5-8-15-29)30-16-9-6-10-17-30/h5-18,21-24,26,32,34-37H,19-20,25,27H2,1-4H3,(H,45,51)(H,46,52)/t32-,34-,35-,37+/m1/s1. The van der Waals surface area contributed by atoms with Gasteiger partial charge in [-0.25, -0.2) is 9.59 Å². The number of nitrogens with zero attached hydrogens (tertiary/aromatic N) is 4. The Balaban J connectivity index is 1.21. The number of aryl methyl sites for hydroxylation is 1. The van der Waals surface area contributed by atoms with Crippen LogP contribution in [-0.2, 0) is 30.2 Å². The molecule has 0 unspecified atom stereocenters. The molecule has 0 bridgehead atoms. The van der Waals surface area contributed by atoms with E-state index in [4.69, 9.17) is 18.6 Å². The van der Waals surface area contributed by atoms with E-state index < -0.39 is 53.9 Å². The second-order valence-electron chi connectivity index (χ2n) is 14.6. The number of nitrogens with one attached hydrogen (secondary N) is 2. The number of anilines is 1. The van der Waals surface area contributed by atoms with E-state index in [9.17, 15) is 19.2 Å². The summed E-state index contributed by atoms with van der Waals surface area (Å²) in [5.41, 5.74) is 2.92. The second-order valence-corrected chi connectivity index (χ2v) is 15.5. The van der Waals surface area contributed by atoms with Crippen molar-refractivity contribution in [2.45, 2.75) is 74.6 Å². The number of hydrogen-bond donors (Lipinski definition) is 2. The van der Waals surface area contributed by atoms with Crippen LogP contribution in [0.5, 0.6) is 0 Å². The number of carbonyl (C=O) groups excluding carboxylic acids is 4. The van der Waals surface area contributed by atoms with Crippen LogP contribution in [0, 0.1) is 0 Å². The Kier molecular flexibility index (Phi) is 13.9. The van der Waals surface area contributed by atoms with Gasteiger partial charge in [0, 0.05) is 35.3 Å². The van der Waals surface area contributed by atoms with Crippen LogP contribution in [0.2, 0.25) is 0 Å².